The van der Waals surface area contributed by atoms with Crippen LogP contribution in [0, 0.1) is 6.92 Å². The van der Waals surface area contributed by atoms with Crippen molar-refractivity contribution in [3.63, 3.8) is 0 Å². The van der Waals surface area contributed by atoms with E-state index in [-0.39, 0.29) is 24.8 Å². The number of anilines is 1. The van der Waals surface area contributed by atoms with E-state index >= 15 is 0 Å². The average Bonchev–Trinajstić information content (AvgIpc) is 3.42. The SMILES string of the molecule is Cc1nc2cc(N3C(=O)[C@@H]4C[C@H]3CN4Cc3ccc4c(c3)OCO4)ccc2s1. The van der Waals surface area contributed by atoms with E-state index in [1.54, 1.807) is 11.3 Å². The number of amides is 1. The Morgan fingerprint density at radius 1 is 1.18 bits per heavy atom. The molecule has 2 bridgehead atoms. The zero-order valence-electron chi connectivity index (χ0n) is 15.4. The molecule has 6 rings (SSSR count). The minimum absolute atomic E-state index is 0.0525. The second-order valence-electron chi connectivity index (χ2n) is 7.62. The molecule has 0 N–H and O–H groups in total. The van der Waals surface area contributed by atoms with Gasteiger partial charge in [0.15, 0.2) is 11.5 Å². The molecule has 6 nitrogen and oxygen atoms in total. The van der Waals surface area contributed by atoms with Crippen LogP contribution in [0.3, 0.4) is 0 Å². The molecule has 7 heteroatoms. The maximum absolute atomic E-state index is 13.1. The monoisotopic (exact) mass is 393 g/mol. The van der Waals surface area contributed by atoms with Gasteiger partial charge in [0.2, 0.25) is 12.7 Å². The van der Waals surface area contributed by atoms with Gasteiger partial charge in [0.05, 0.1) is 27.3 Å². The van der Waals surface area contributed by atoms with Crippen molar-refractivity contribution in [3.8, 4) is 11.5 Å². The molecule has 0 aliphatic carbocycles. The van der Waals surface area contributed by atoms with Crippen molar-refractivity contribution in [1.29, 1.82) is 0 Å². The highest BCUT2D eigenvalue weighted by atomic mass is 32.1. The van der Waals surface area contributed by atoms with Gasteiger partial charge in [-0.2, -0.15) is 0 Å². The number of aryl methyl sites for hydroxylation is 1. The van der Waals surface area contributed by atoms with Crippen molar-refractivity contribution >= 4 is 33.1 Å². The molecule has 142 valence electrons. The number of thiazole rings is 1. The van der Waals surface area contributed by atoms with E-state index in [0.717, 1.165) is 52.8 Å². The molecule has 3 aliphatic heterocycles. The summed E-state index contributed by atoms with van der Waals surface area (Å²) in [5, 5.41) is 1.05. The van der Waals surface area contributed by atoms with Crippen molar-refractivity contribution in [2.24, 2.45) is 0 Å². The first-order valence-corrected chi connectivity index (χ1v) is 10.3. The Bertz CT molecular complexity index is 1110. The number of fused-ring (bicyclic) bond motifs is 4. The van der Waals surface area contributed by atoms with Crippen LogP contribution in [-0.4, -0.2) is 41.2 Å². The molecule has 3 aromatic rings. The number of aromatic nitrogens is 1. The maximum Gasteiger partial charge on any atom is 0.244 e. The van der Waals surface area contributed by atoms with E-state index in [0.29, 0.717) is 0 Å². The fraction of sp³-hybridized carbons (Fsp3) is 0.333. The lowest BCUT2D eigenvalue weighted by Crippen LogP contribution is -2.50. The fourth-order valence-corrected chi connectivity index (χ4v) is 5.44. The summed E-state index contributed by atoms with van der Waals surface area (Å²) in [7, 11) is 0. The van der Waals surface area contributed by atoms with Crippen molar-refractivity contribution in [2.45, 2.75) is 32.0 Å². The lowest BCUT2D eigenvalue weighted by atomic mass is 10.1. The Balaban J connectivity index is 1.23. The fourth-order valence-electron chi connectivity index (χ4n) is 4.63. The second-order valence-corrected chi connectivity index (χ2v) is 8.85. The van der Waals surface area contributed by atoms with Gasteiger partial charge in [0.1, 0.15) is 0 Å². The molecule has 4 heterocycles. The Hall–Kier alpha value is -2.64. The third-order valence-corrected chi connectivity index (χ3v) is 6.80. The molecule has 0 unspecified atom stereocenters. The molecule has 1 aromatic heterocycles. The molecule has 1 amide bonds. The first kappa shape index (κ1) is 16.3. The maximum atomic E-state index is 13.1. The largest absolute Gasteiger partial charge is 0.454 e. The van der Waals surface area contributed by atoms with Crippen LogP contribution >= 0.6 is 11.3 Å². The quantitative estimate of drug-likeness (QED) is 0.683. The molecule has 0 radical (unpaired) electrons. The minimum atomic E-state index is -0.0525. The molecular formula is C21H19N3O3S. The first-order valence-electron chi connectivity index (χ1n) is 9.48. The molecule has 2 aromatic carbocycles. The summed E-state index contributed by atoms with van der Waals surface area (Å²) >= 11 is 1.69. The van der Waals surface area contributed by atoms with Crippen molar-refractivity contribution in [3.05, 3.63) is 47.0 Å². The molecule has 0 spiro atoms. The number of benzene rings is 2. The van der Waals surface area contributed by atoms with Crippen LogP contribution in [0.25, 0.3) is 10.2 Å². The number of carbonyl (C=O) groups excluding carboxylic acids is 1. The summed E-state index contributed by atoms with van der Waals surface area (Å²) in [4.78, 5) is 22.0. The second kappa shape index (κ2) is 5.93. The number of likely N-dealkylation sites (tertiary alicyclic amines) is 1. The molecule has 3 aliphatic rings. The van der Waals surface area contributed by atoms with Gasteiger partial charge in [-0.25, -0.2) is 4.98 Å². The third-order valence-electron chi connectivity index (χ3n) is 5.85. The van der Waals surface area contributed by atoms with E-state index in [9.17, 15) is 4.79 Å². The Labute approximate surface area is 166 Å². The summed E-state index contributed by atoms with van der Waals surface area (Å²) in [6.45, 7) is 3.94. The van der Waals surface area contributed by atoms with Crippen LogP contribution in [0.5, 0.6) is 11.5 Å². The van der Waals surface area contributed by atoms with Gasteiger partial charge in [-0.3, -0.25) is 9.69 Å². The minimum Gasteiger partial charge on any atom is -0.454 e. The molecule has 28 heavy (non-hydrogen) atoms. The smallest absolute Gasteiger partial charge is 0.244 e. The van der Waals surface area contributed by atoms with Crippen LogP contribution in [0.15, 0.2) is 36.4 Å². The number of hydrogen-bond donors (Lipinski definition) is 0. The zero-order chi connectivity index (χ0) is 18.8. The van der Waals surface area contributed by atoms with Gasteiger partial charge in [0, 0.05) is 18.8 Å². The van der Waals surface area contributed by atoms with Crippen LogP contribution in [0.2, 0.25) is 0 Å². The molecular weight excluding hydrogens is 374 g/mol. The summed E-state index contributed by atoms with van der Waals surface area (Å²) in [5.74, 6) is 1.78. The Morgan fingerprint density at radius 3 is 2.96 bits per heavy atom. The summed E-state index contributed by atoms with van der Waals surface area (Å²) < 4.78 is 12.0. The summed E-state index contributed by atoms with van der Waals surface area (Å²) in [6.07, 6.45) is 0.886. The average molecular weight is 393 g/mol. The topological polar surface area (TPSA) is 54.9 Å². The lowest BCUT2D eigenvalue weighted by molar-refractivity contribution is -0.122. The highest BCUT2D eigenvalue weighted by molar-refractivity contribution is 7.18. The Kier molecular flexibility index (Phi) is 3.46. The molecule has 2 atom stereocenters. The molecule has 2 saturated heterocycles. The number of nitrogens with zero attached hydrogens (tertiary/aromatic N) is 3. The van der Waals surface area contributed by atoms with Gasteiger partial charge in [-0.05, 0) is 49.2 Å². The lowest BCUT2D eigenvalue weighted by Gasteiger charge is -2.34. The van der Waals surface area contributed by atoms with E-state index in [2.05, 4.69) is 34.1 Å². The summed E-state index contributed by atoms with van der Waals surface area (Å²) in [6, 6.07) is 12.4. The predicted octanol–water partition coefficient (Wildman–Crippen LogP) is 3.32. The number of rotatable bonds is 3. The van der Waals surface area contributed by atoms with E-state index in [4.69, 9.17) is 9.47 Å². The van der Waals surface area contributed by atoms with Crippen LogP contribution in [-0.2, 0) is 11.3 Å². The predicted molar refractivity (Wildman–Crippen MR) is 107 cm³/mol. The van der Waals surface area contributed by atoms with Gasteiger partial charge in [-0.1, -0.05) is 6.07 Å². The van der Waals surface area contributed by atoms with Gasteiger partial charge in [0.25, 0.3) is 0 Å². The molecule has 0 saturated carbocycles. The van der Waals surface area contributed by atoms with E-state index in [1.807, 2.05) is 24.0 Å². The number of piperazine rings is 1. The molecule has 2 fully saturated rings. The van der Waals surface area contributed by atoms with Gasteiger partial charge >= 0.3 is 0 Å². The zero-order valence-corrected chi connectivity index (χ0v) is 16.2. The first-order chi connectivity index (χ1) is 13.7. The van der Waals surface area contributed by atoms with Crippen molar-refractivity contribution in [2.75, 3.05) is 18.2 Å². The number of ether oxygens (including phenoxy) is 2. The highest BCUT2D eigenvalue weighted by Crippen LogP contribution is 2.39. The number of carbonyl (C=O) groups is 1. The van der Waals surface area contributed by atoms with Crippen molar-refractivity contribution < 1.29 is 14.3 Å². The van der Waals surface area contributed by atoms with Crippen LogP contribution in [0.1, 0.15) is 17.0 Å². The third kappa shape index (κ3) is 2.43. The van der Waals surface area contributed by atoms with Crippen molar-refractivity contribution in [1.82, 2.24) is 9.88 Å². The van der Waals surface area contributed by atoms with E-state index < -0.39 is 0 Å². The van der Waals surface area contributed by atoms with Gasteiger partial charge in [-0.15, -0.1) is 11.3 Å². The summed E-state index contributed by atoms with van der Waals surface area (Å²) in [5.41, 5.74) is 3.10. The van der Waals surface area contributed by atoms with Gasteiger partial charge < -0.3 is 14.4 Å². The normalized spacial score (nSPS) is 23.3. The van der Waals surface area contributed by atoms with E-state index in [1.165, 1.54) is 4.70 Å². The Morgan fingerprint density at radius 2 is 2.07 bits per heavy atom. The van der Waals surface area contributed by atoms with Crippen LogP contribution < -0.4 is 14.4 Å². The number of hydrogen-bond acceptors (Lipinski definition) is 6. The highest BCUT2D eigenvalue weighted by Gasteiger charge is 2.50. The van der Waals surface area contributed by atoms with Crippen LogP contribution in [0.4, 0.5) is 5.69 Å². The standard InChI is InChI=1S/C21H19N3O3S/c1-12-22-16-7-14(3-5-20(16)28-12)24-15-8-17(21(24)25)23(10-15)9-13-2-4-18-19(6-13)27-11-26-18/h2-7,15,17H,8-11H2,1H3/t15-,17-/m0/s1.